The van der Waals surface area contributed by atoms with Crippen molar-refractivity contribution in [2.45, 2.75) is 32.2 Å². The van der Waals surface area contributed by atoms with Gasteiger partial charge in [-0.3, -0.25) is 0 Å². The standard InChI is InChI=1S/C14H17ClN2O3/c1-8-3-2-4-12(8)17-14(20)16-9-5-6-11(15)10(7-9)13(18)19/h5-8,12H,2-4H2,1H3,(H,18,19)(H2,16,17,20). The van der Waals surface area contributed by atoms with E-state index in [2.05, 4.69) is 17.6 Å². The van der Waals surface area contributed by atoms with E-state index in [9.17, 15) is 9.59 Å². The first-order chi connectivity index (χ1) is 9.47. The predicted octanol–water partition coefficient (Wildman–Crippen LogP) is 3.35. The molecule has 0 saturated heterocycles. The van der Waals surface area contributed by atoms with Gasteiger partial charge >= 0.3 is 12.0 Å². The van der Waals surface area contributed by atoms with Crippen molar-refractivity contribution in [3.05, 3.63) is 28.8 Å². The number of amides is 2. The van der Waals surface area contributed by atoms with E-state index >= 15 is 0 Å². The number of nitrogens with one attached hydrogen (secondary N) is 2. The summed E-state index contributed by atoms with van der Waals surface area (Å²) in [6, 6.07) is 4.25. The lowest BCUT2D eigenvalue weighted by molar-refractivity contribution is 0.0697. The highest BCUT2D eigenvalue weighted by Crippen LogP contribution is 2.25. The Morgan fingerprint density at radius 1 is 1.35 bits per heavy atom. The third kappa shape index (κ3) is 3.42. The molecule has 2 rings (SSSR count). The molecule has 0 aliphatic heterocycles. The van der Waals surface area contributed by atoms with Gasteiger partial charge < -0.3 is 15.7 Å². The molecule has 0 aromatic heterocycles. The second kappa shape index (κ2) is 6.13. The van der Waals surface area contributed by atoms with Gasteiger partial charge in [0.2, 0.25) is 0 Å². The maximum absolute atomic E-state index is 11.9. The molecule has 1 fully saturated rings. The zero-order valence-corrected chi connectivity index (χ0v) is 11.9. The van der Waals surface area contributed by atoms with Crippen molar-refractivity contribution in [2.24, 2.45) is 5.92 Å². The number of halogens is 1. The summed E-state index contributed by atoms with van der Waals surface area (Å²) in [4.78, 5) is 22.8. The van der Waals surface area contributed by atoms with Crippen LogP contribution in [0.25, 0.3) is 0 Å². The Morgan fingerprint density at radius 2 is 2.10 bits per heavy atom. The lowest BCUT2D eigenvalue weighted by atomic mass is 10.1. The van der Waals surface area contributed by atoms with Gasteiger partial charge in [-0.15, -0.1) is 0 Å². The molecule has 1 aliphatic carbocycles. The summed E-state index contributed by atoms with van der Waals surface area (Å²) in [5.74, 6) is -0.649. The SMILES string of the molecule is CC1CCCC1NC(=O)Nc1ccc(Cl)c(C(=O)O)c1. The van der Waals surface area contributed by atoms with Crippen LogP contribution in [0.2, 0.25) is 5.02 Å². The minimum Gasteiger partial charge on any atom is -0.478 e. The van der Waals surface area contributed by atoms with Crippen LogP contribution >= 0.6 is 11.6 Å². The predicted molar refractivity (Wildman–Crippen MR) is 77.4 cm³/mol. The second-order valence-corrected chi connectivity index (χ2v) is 5.52. The molecule has 1 aliphatic rings. The zero-order valence-electron chi connectivity index (χ0n) is 11.1. The van der Waals surface area contributed by atoms with Crippen molar-refractivity contribution in [3.8, 4) is 0 Å². The number of rotatable bonds is 3. The lowest BCUT2D eigenvalue weighted by Gasteiger charge is -2.17. The quantitative estimate of drug-likeness (QED) is 0.800. The molecule has 0 bridgehead atoms. The van der Waals surface area contributed by atoms with E-state index < -0.39 is 5.97 Å². The minimum atomic E-state index is -1.12. The molecule has 2 atom stereocenters. The second-order valence-electron chi connectivity index (χ2n) is 5.11. The Kier molecular flexibility index (Phi) is 4.49. The Labute approximate surface area is 122 Å². The average molecular weight is 297 g/mol. The lowest BCUT2D eigenvalue weighted by Crippen LogP contribution is -2.39. The Morgan fingerprint density at radius 3 is 2.70 bits per heavy atom. The largest absolute Gasteiger partial charge is 0.478 e. The number of aromatic carboxylic acids is 1. The summed E-state index contributed by atoms with van der Waals surface area (Å²) in [5, 5.41) is 14.7. The molecule has 0 heterocycles. The molecule has 3 N–H and O–H groups in total. The number of carboxylic acids is 1. The van der Waals surface area contributed by atoms with Crippen LogP contribution in [0.1, 0.15) is 36.5 Å². The van der Waals surface area contributed by atoms with E-state index in [0.717, 1.165) is 19.3 Å². The van der Waals surface area contributed by atoms with Gasteiger partial charge in [-0.05, 0) is 37.0 Å². The van der Waals surface area contributed by atoms with Gasteiger partial charge in [0.05, 0.1) is 10.6 Å². The van der Waals surface area contributed by atoms with Crippen LogP contribution in [0.3, 0.4) is 0 Å². The molecule has 6 heteroatoms. The molecule has 20 heavy (non-hydrogen) atoms. The number of hydrogen-bond donors (Lipinski definition) is 3. The van der Waals surface area contributed by atoms with Crippen molar-refractivity contribution in [2.75, 3.05) is 5.32 Å². The third-order valence-corrected chi connectivity index (χ3v) is 3.96. The topological polar surface area (TPSA) is 78.4 Å². The van der Waals surface area contributed by atoms with Crippen LogP contribution in [0.4, 0.5) is 10.5 Å². The zero-order chi connectivity index (χ0) is 14.7. The summed E-state index contributed by atoms with van der Waals surface area (Å²) in [6.45, 7) is 2.11. The van der Waals surface area contributed by atoms with E-state index in [1.54, 1.807) is 6.07 Å². The fourth-order valence-corrected chi connectivity index (χ4v) is 2.66. The Bertz CT molecular complexity index is 533. The number of urea groups is 1. The molecule has 2 amide bonds. The van der Waals surface area contributed by atoms with Crippen LogP contribution in [-0.2, 0) is 0 Å². The van der Waals surface area contributed by atoms with E-state index in [4.69, 9.17) is 16.7 Å². The molecule has 0 spiro atoms. The molecular weight excluding hydrogens is 280 g/mol. The third-order valence-electron chi connectivity index (χ3n) is 3.63. The maximum atomic E-state index is 11.9. The van der Waals surface area contributed by atoms with Crippen molar-refractivity contribution in [1.29, 1.82) is 0 Å². The van der Waals surface area contributed by atoms with E-state index in [0.29, 0.717) is 11.6 Å². The smallest absolute Gasteiger partial charge is 0.337 e. The first-order valence-corrected chi connectivity index (χ1v) is 6.95. The molecular formula is C14H17ClN2O3. The van der Waals surface area contributed by atoms with Crippen LogP contribution in [0.15, 0.2) is 18.2 Å². The normalized spacial score (nSPS) is 21.5. The van der Waals surface area contributed by atoms with Crippen molar-refractivity contribution < 1.29 is 14.7 Å². The monoisotopic (exact) mass is 296 g/mol. The van der Waals surface area contributed by atoms with E-state index in [-0.39, 0.29) is 22.7 Å². The highest BCUT2D eigenvalue weighted by molar-refractivity contribution is 6.33. The number of anilines is 1. The van der Waals surface area contributed by atoms with Gasteiger partial charge in [0.15, 0.2) is 0 Å². The van der Waals surface area contributed by atoms with Crippen LogP contribution < -0.4 is 10.6 Å². The van der Waals surface area contributed by atoms with Gasteiger partial charge in [-0.2, -0.15) is 0 Å². The van der Waals surface area contributed by atoms with E-state index in [1.165, 1.54) is 12.1 Å². The Balaban J connectivity index is 2.00. The molecule has 1 aromatic rings. The Hall–Kier alpha value is -1.75. The summed E-state index contributed by atoms with van der Waals surface area (Å²) in [7, 11) is 0. The maximum Gasteiger partial charge on any atom is 0.337 e. The molecule has 1 aromatic carbocycles. The van der Waals surface area contributed by atoms with Crippen molar-refractivity contribution >= 4 is 29.3 Å². The number of hydrogen-bond acceptors (Lipinski definition) is 2. The summed E-state index contributed by atoms with van der Waals surface area (Å²) >= 11 is 5.78. The fraction of sp³-hybridized carbons (Fsp3) is 0.429. The first-order valence-electron chi connectivity index (χ1n) is 6.57. The number of carbonyl (C=O) groups is 2. The van der Waals surface area contributed by atoms with Crippen LogP contribution in [0.5, 0.6) is 0 Å². The molecule has 5 nitrogen and oxygen atoms in total. The molecule has 0 radical (unpaired) electrons. The van der Waals surface area contributed by atoms with Gasteiger partial charge in [0.1, 0.15) is 0 Å². The van der Waals surface area contributed by atoms with Gasteiger partial charge in [0, 0.05) is 11.7 Å². The number of carboxylic acid groups (broad SMARTS) is 1. The van der Waals surface area contributed by atoms with E-state index in [1.807, 2.05) is 0 Å². The van der Waals surface area contributed by atoms with Crippen LogP contribution in [-0.4, -0.2) is 23.1 Å². The highest BCUT2D eigenvalue weighted by atomic mass is 35.5. The van der Waals surface area contributed by atoms with Gasteiger partial charge in [0.25, 0.3) is 0 Å². The minimum absolute atomic E-state index is 0.0290. The fourth-order valence-electron chi connectivity index (χ4n) is 2.46. The molecule has 1 saturated carbocycles. The summed E-state index contributed by atoms with van der Waals surface area (Å²) in [5.41, 5.74) is 0.383. The number of benzene rings is 1. The average Bonchev–Trinajstić information content (AvgIpc) is 2.77. The van der Waals surface area contributed by atoms with Crippen molar-refractivity contribution in [1.82, 2.24) is 5.32 Å². The molecule has 108 valence electrons. The summed E-state index contributed by atoms with van der Waals surface area (Å²) < 4.78 is 0. The summed E-state index contributed by atoms with van der Waals surface area (Å²) in [6.07, 6.45) is 3.22. The highest BCUT2D eigenvalue weighted by Gasteiger charge is 2.24. The van der Waals surface area contributed by atoms with Crippen LogP contribution in [0, 0.1) is 5.92 Å². The molecule has 2 unspecified atom stereocenters. The first kappa shape index (κ1) is 14.7. The van der Waals surface area contributed by atoms with Gasteiger partial charge in [-0.1, -0.05) is 24.9 Å². The van der Waals surface area contributed by atoms with Gasteiger partial charge in [-0.25, -0.2) is 9.59 Å². The van der Waals surface area contributed by atoms with Crippen molar-refractivity contribution in [3.63, 3.8) is 0 Å². The number of carbonyl (C=O) groups excluding carboxylic acids is 1.